The van der Waals surface area contributed by atoms with Crippen LogP contribution in [-0.4, -0.2) is 62.7 Å². The van der Waals surface area contributed by atoms with Crippen molar-refractivity contribution >= 4 is 6.08 Å². The number of hydrogen-bond acceptors (Lipinski definition) is 5. The predicted octanol–water partition coefficient (Wildman–Crippen LogP) is 4.92. The topological polar surface area (TPSA) is 50.1 Å². The highest BCUT2D eigenvalue weighted by Crippen LogP contribution is 2.28. The zero-order valence-electron chi connectivity index (χ0n) is 20.8. The Bertz CT molecular complexity index is 1320. The number of aromatic nitrogens is 4. The number of halogens is 1. The van der Waals surface area contributed by atoms with Gasteiger partial charge in [-0.1, -0.05) is 66.7 Å². The van der Waals surface area contributed by atoms with E-state index >= 15 is 0 Å². The number of piperazine rings is 1. The maximum atomic E-state index is 14.4. The van der Waals surface area contributed by atoms with Gasteiger partial charge in [-0.25, -0.2) is 4.39 Å². The summed E-state index contributed by atoms with van der Waals surface area (Å²) in [5.74, 6) is 0.270. The third kappa shape index (κ3) is 5.42. The van der Waals surface area contributed by atoms with Gasteiger partial charge in [-0.2, -0.15) is 4.68 Å². The van der Waals surface area contributed by atoms with E-state index in [4.69, 9.17) is 0 Å². The fourth-order valence-corrected chi connectivity index (χ4v) is 4.81. The van der Waals surface area contributed by atoms with Gasteiger partial charge in [0.15, 0.2) is 5.82 Å². The van der Waals surface area contributed by atoms with E-state index in [0.29, 0.717) is 5.82 Å². The molecule has 0 unspecified atom stereocenters. The van der Waals surface area contributed by atoms with Crippen molar-refractivity contribution in [3.05, 3.63) is 101 Å². The molecule has 6 nitrogen and oxygen atoms in total. The zero-order chi connectivity index (χ0) is 24.9. The molecule has 0 amide bonds. The molecule has 1 aliphatic rings. The summed E-state index contributed by atoms with van der Waals surface area (Å²) in [5.41, 5.74) is 6.05. The second-order valence-electron chi connectivity index (χ2n) is 9.35. The van der Waals surface area contributed by atoms with Crippen LogP contribution >= 0.6 is 0 Å². The van der Waals surface area contributed by atoms with Gasteiger partial charge in [-0.3, -0.25) is 9.80 Å². The second kappa shape index (κ2) is 10.9. The molecular formula is C29H31FN6. The Labute approximate surface area is 211 Å². The van der Waals surface area contributed by atoms with Gasteiger partial charge >= 0.3 is 0 Å². The lowest BCUT2D eigenvalue weighted by atomic mass is 10.0. The maximum absolute atomic E-state index is 14.4. The largest absolute Gasteiger partial charge is 0.297 e. The Morgan fingerprint density at radius 2 is 1.58 bits per heavy atom. The summed E-state index contributed by atoms with van der Waals surface area (Å²) in [4.78, 5) is 4.88. The molecule has 0 N–H and O–H groups in total. The first-order chi connectivity index (χ1) is 17.6. The number of tetrazole rings is 1. The lowest BCUT2D eigenvalue weighted by molar-refractivity contribution is 0.137. The first kappa shape index (κ1) is 24.0. The van der Waals surface area contributed by atoms with Gasteiger partial charge in [0.1, 0.15) is 5.82 Å². The molecule has 5 rings (SSSR count). The summed E-state index contributed by atoms with van der Waals surface area (Å²) < 4.78 is 16.1. The average molecular weight is 483 g/mol. The van der Waals surface area contributed by atoms with Crippen molar-refractivity contribution in [3.63, 3.8) is 0 Å². The lowest BCUT2D eigenvalue weighted by Crippen LogP contribution is -2.45. The highest BCUT2D eigenvalue weighted by atomic mass is 19.1. The predicted molar refractivity (Wildman–Crippen MR) is 141 cm³/mol. The van der Waals surface area contributed by atoms with Crippen LogP contribution in [0.2, 0.25) is 0 Å². The second-order valence-corrected chi connectivity index (χ2v) is 9.35. The molecule has 0 radical (unpaired) electrons. The SMILES string of the molecule is Cc1cccc(C)c1-n1nnnc1-c1cc(F)ccc1CN1CCN(CC=Cc2ccccc2)CC1. The van der Waals surface area contributed by atoms with Gasteiger partial charge < -0.3 is 0 Å². The Kier molecular flexibility index (Phi) is 7.30. The smallest absolute Gasteiger partial charge is 0.187 e. The third-order valence-corrected chi connectivity index (χ3v) is 6.77. The molecule has 36 heavy (non-hydrogen) atoms. The van der Waals surface area contributed by atoms with Gasteiger partial charge in [-0.15, -0.1) is 5.10 Å². The van der Waals surface area contributed by atoms with Crippen LogP contribution < -0.4 is 0 Å². The molecular weight excluding hydrogens is 451 g/mol. The minimum absolute atomic E-state index is 0.292. The Hall–Kier alpha value is -3.68. The van der Waals surface area contributed by atoms with Crippen molar-refractivity contribution < 1.29 is 4.39 Å². The highest BCUT2D eigenvalue weighted by molar-refractivity contribution is 5.63. The maximum Gasteiger partial charge on any atom is 0.187 e. The molecule has 3 aromatic carbocycles. The number of rotatable bonds is 7. The standard InChI is InChI=1S/C29H31FN6/c1-22-8-6-9-23(2)28(22)36-29(31-32-33-36)27-20-26(30)14-13-25(27)21-35-18-16-34(17-19-35)15-7-12-24-10-4-3-5-11-24/h3-14,20H,15-19,21H2,1-2H3. The van der Waals surface area contributed by atoms with Crippen LogP contribution in [0.1, 0.15) is 22.3 Å². The van der Waals surface area contributed by atoms with Crippen LogP contribution in [-0.2, 0) is 6.54 Å². The molecule has 7 heteroatoms. The summed E-state index contributed by atoms with van der Waals surface area (Å²) in [6, 6.07) is 21.4. The van der Waals surface area contributed by atoms with Crippen LogP contribution in [0, 0.1) is 19.7 Å². The van der Waals surface area contributed by atoms with Crippen molar-refractivity contribution in [2.75, 3.05) is 32.7 Å². The van der Waals surface area contributed by atoms with E-state index in [9.17, 15) is 4.39 Å². The fourth-order valence-electron chi connectivity index (χ4n) is 4.81. The molecule has 1 fully saturated rings. The first-order valence-corrected chi connectivity index (χ1v) is 12.4. The number of hydrogen-bond donors (Lipinski definition) is 0. The molecule has 1 saturated heterocycles. The monoisotopic (exact) mass is 482 g/mol. The minimum Gasteiger partial charge on any atom is -0.297 e. The van der Waals surface area contributed by atoms with Gasteiger partial charge in [0.05, 0.1) is 5.69 Å². The summed E-state index contributed by atoms with van der Waals surface area (Å²) in [7, 11) is 0. The van der Waals surface area contributed by atoms with Crippen molar-refractivity contribution in [2.24, 2.45) is 0 Å². The van der Waals surface area contributed by atoms with Gasteiger partial charge in [0.25, 0.3) is 0 Å². The summed E-state index contributed by atoms with van der Waals surface area (Å²) in [6.45, 7) is 9.64. The third-order valence-electron chi connectivity index (χ3n) is 6.77. The Balaban J connectivity index is 1.29. The van der Waals surface area contributed by atoms with E-state index in [1.807, 2.05) is 44.2 Å². The molecule has 2 heterocycles. The molecule has 0 atom stereocenters. The normalized spacial score (nSPS) is 15.1. The number of nitrogens with zero attached hydrogens (tertiary/aromatic N) is 6. The van der Waals surface area contributed by atoms with E-state index < -0.39 is 0 Å². The van der Waals surface area contributed by atoms with Gasteiger partial charge in [0.2, 0.25) is 0 Å². The van der Waals surface area contributed by atoms with E-state index in [2.05, 4.69) is 61.7 Å². The first-order valence-electron chi connectivity index (χ1n) is 12.4. The summed E-state index contributed by atoms with van der Waals surface area (Å²) >= 11 is 0. The van der Waals surface area contributed by atoms with Crippen LogP contribution in [0.25, 0.3) is 23.2 Å². The summed E-state index contributed by atoms with van der Waals surface area (Å²) in [5, 5.41) is 12.5. The fraction of sp³-hybridized carbons (Fsp3) is 0.276. The van der Waals surface area contributed by atoms with Crippen LogP contribution in [0.5, 0.6) is 0 Å². The highest BCUT2D eigenvalue weighted by Gasteiger charge is 2.21. The van der Waals surface area contributed by atoms with E-state index in [0.717, 1.165) is 67.2 Å². The number of aryl methyl sites for hydroxylation is 2. The Morgan fingerprint density at radius 3 is 2.33 bits per heavy atom. The lowest BCUT2D eigenvalue weighted by Gasteiger charge is -2.34. The molecule has 0 spiro atoms. The van der Waals surface area contributed by atoms with Crippen molar-refractivity contribution in [2.45, 2.75) is 20.4 Å². The Morgan fingerprint density at radius 1 is 0.861 bits per heavy atom. The van der Waals surface area contributed by atoms with E-state index in [-0.39, 0.29) is 5.82 Å². The molecule has 4 aromatic rings. The van der Waals surface area contributed by atoms with Crippen LogP contribution in [0.4, 0.5) is 4.39 Å². The molecule has 1 aliphatic heterocycles. The number of para-hydroxylation sites is 1. The van der Waals surface area contributed by atoms with E-state index in [1.165, 1.54) is 11.6 Å². The average Bonchev–Trinajstić information content (AvgIpc) is 3.36. The van der Waals surface area contributed by atoms with Crippen molar-refractivity contribution in [1.29, 1.82) is 0 Å². The van der Waals surface area contributed by atoms with E-state index in [1.54, 1.807) is 10.7 Å². The number of benzene rings is 3. The van der Waals surface area contributed by atoms with Crippen LogP contribution in [0.15, 0.2) is 72.8 Å². The molecule has 0 bridgehead atoms. The van der Waals surface area contributed by atoms with Crippen molar-refractivity contribution in [1.82, 2.24) is 30.0 Å². The molecule has 0 saturated carbocycles. The quantitative estimate of drug-likeness (QED) is 0.374. The molecule has 184 valence electrons. The molecule has 0 aliphatic carbocycles. The van der Waals surface area contributed by atoms with Crippen molar-refractivity contribution in [3.8, 4) is 17.1 Å². The van der Waals surface area contributed by atoms with Crippen LogP contribution in [0.3, 0.4) is 0 Å². The van der Waals surface area contributed by atoms with Gasteiger partial charge in [0, 0.05) is 44.8 Å². The van der Waals surface area contributed by atoms with Gasteiger partial charge in [-0.05, 0) is 58.7 Å². The summed E-state index contributed by atoms with van der Waals surface area (Å²) in [6.07, 6.45) is 4.41. The minimum atomic E-state index is -0.292. The zero-order valence-corrected chi connectivity index (χ0v) is 20.8. The molecule has 1 aromatic heterocycles.